The van der Waals surface area contributed by atoms with Gasteiger partial charge in [-0.3, -0.25) is 4.79 Å². The Morgan fingerprint density at radius 1 is 1.30 bits per heavy atom. The molecule has 0 heterocycles. The van der Waals surface area contributed by atoms with Crippen LogP contribution in [0.15, 0.2) is 0 Å². The Labute approximate surface area is 117 Å². The molecule has 118 valence electrons. The van der Waals surface area contributed by atoms with Crippen LogP contribution in [-0.2, 0) is 4.79 Å². The summed E-state index contributed by atoms with van der Waals surface area (Å²) in [6.45, 7) is -2.04. The maximum absolute atomic E-state index is 12.5. The lowest BCUT2D eigenvalue weighted by molar-refractivity contribution is -0.163. The van der Waals surface area contributed by atoms with Crippen molar-refractivity contribution in [2.45, 2.75) is 50.2 Å². The summed E-state index contributed by atoms with van der Waals surface area (Å²) >= 11 is 0. The predicted molar refractivity (Wildman–Crippen MR) is 69.2 cm³/mol. The van der Waals surface area contributed by atoms with E-state index in [1.165, 1.54) is 0 Å². The maximum Gasteiger partial charge on any atom is 0.406 e. The van der Waals surface area contributed by atoms with Crippen LogP contribution in [0.3, 0.4) is 0 Å². The van der Waals surface area contributed by atoms with Crippen LogP contribution < -0.4 is 5.32 Å². The number of nitrogens with zero attached hydrogens (tertiary/aromatic N) is 1. The fraction of sp³-hybridized carbons (Fsp3) is 0.923. The molecule has 20 heavy (non-hydrogen) atoms. The summed E-state index contributed by atoms with van der Waals surface area (Å²) in [5.74, 6) is -0.548. The lowest BCUT2D eigenvalue weighted by atomic mass is 9.79. The normalized spacial score (nSPS) is 18.9. The number of hydrogen-bond acceptors (Lipinski definition) is 3. The number of alkyl halides is 3. The van der Waals surface area contributed by atoms with E-state index in [0.29, 0.717) is 4.90 Å². The second-order valence-corrected chi connectivity index (χ2v) is 5.42. The molecule has 0 atom stereocenters. The van der Waals surface area contributed by atoms with E-state index in [4.69, 9.17) is 5.11 Å². The van der Waals surface area contributed by atoms with Crippen LogP contribution in [0.1, 0.15) is 38.5 Å². The molecule has 0 aromatic heterocycles. The van der Waals surface area contributed by atoms with Crippen molar-refractivity contribution in [1.82, 2.24) is 10.2 Å². The molecule has 0 spiro atoms. The molecule has 1 amide bonds. The Hall–Kier alpha value is -0.820. The number of halogens is 3. The molecule has 0 saturated heterocycles. The summed E-state index contributed by atoms with van der Waals surface area (Å²) in [5, 5.41) is 11.9. The van der Waals surface area contributed by atoms with Crippen LogP contribution >= 0.6 is 0 Å². The van der Waals surface area contributed by atoms with E-state index in [9.17, 15) is 18.0 Å². The minimum atomic E-state index is -4.44. The lowest BCUT2D eigenvalue weighted by Gasteiger charge is -2.38. The van der Waals surface area contributed by atoms with Crippen LogP contribution in [0.5, 0.6) is 0 Å². The third-order valence-corrected chi connectivity index (χ3v) is 3.92. The fourth-order valence-electron chi connectivity index (χ4n) is 2.77. The van der Waals surface area contributed by atoms with Crippen LogP contribution in [-0.4, -0.2) is 54.4 Å². The van der Waals surface area contributed by atoms with Gasteiger partial charge in [0, 0.05) is 18.5 Å². The zero-order valence-electron chi connectivity index (χ0n) is 11.8. The fourth-order valence-corrected chi connectivity index (χ4v) is 2.77. The first-order valence-corrected chi connectivity index (χ1v) is 6.96. The van der Waals surface area contributed by atoms with Crippen molar-refractivity contribution in [2.24, 2.45) is 0 Å². The molecule has 1 aliphatic rings. The predicted octanol–water partition coefficient (Wildman–Crippen LogP) is 1.68. The first kappa shape index (κ1) is 17.2. The standard InChI is InChI=1S/C13H23F3N2O2/c1-17-12(5-3-2-4-6-12)9-11(20)18(7-8-19)10-13(14,15)16/h17,19H,2-10H2,1H3. The van der Waals surface area contributed by atoms with Crippen LogP contribution in [0, 0.1) is 0 Å². The Balaban J connectivity index is 2.68. The number of nitrogens with one attached hydrogen (secondary N) is 1. The molecule has 2 N–H and O–H groups in total. The van der Waals surface area contributed by atoms with Gasteiger partial charge in [-0.15, -0.1) is 0 Å². The molecule has 1 rings (SSSR count). The SMILES string of the molecule is CNC1(CC(=O)N(CCO)CC(F)(F)F)CCCCC1. The van der Waals surface area contributed by atoms with Gasteiger partial charge in [-0.1, -0.05) is 19.3 Å². The van der Waals surface area contributed by atoms with Gasteiger partial charge in [0.2, 0.25) is 5.91 Å². The van der Waals surface area contributed by atoms with Gasteiger partial charge >= 0.3 is 6.18 Å². The van der Waals surface area contributed by atoms with Crippen LogP contribution in [0.4, 0.5) is 13.2 Å². The molecule has 4 nitrogen and oxygen atoms in total. The second kappa shape index (κ2) is 7.26. The summed E-state index contributed by atoms with van der Waals surface area (Å²) in [5.41, 5.74) is -0.394. The Morgan fingerprint density at radius 3 is 2.35 bits per heavy atom. The molecule has 7 heteroatoms. The maximum atomic E-state index is 12.5. The molecule has 0 aromatic carbocycles. The van der Waals surface area contributed by atoms with Crippen molar-refractivity contribution in [3.8, 4) is 0 Å². The van der Waals surface area contributed by atoms with E-state index in [1.807, 2.05) is 0 Å². The molecule has 1 fully saturated rings. The van der Waals surface area contributed by atoms with E-state index in [-0.39, 0.29) is 13.0 Å². The highest BCUT2D eigenvalue weighted by Gasteiger charge is 2.37. The van der Waals surface area contributed by atoms with Gasteiger partial charge in [-0.25, -0.2) is 0 Å². The zero-order chi connectivity index (χ0) is 15.2. The van der Waals surface area contributed by atoms with E-state index >= 15 is 0 Å². The third kappa shape index (κ3) is 5.28. The highest BCUT2D eigenvalue weighted by molar-refractivity contribution is 5.77. The smallest absolute Gasteiger partial charge is 0.395 e. The van der Waals surface area contributed by atoms with Gasteiger partial charge in [0.05, 0.1) is 6.61 Å². The van der Waals surface area contributed by atoms with Crippen molar-refractivity contribution in [1.29, 1.82) is 0 Å². The van der Waals surface area contributed by atoms with Crippen molar-refractivity contribution < 1.29 is 23.1 Å². The van der Waals surface area contributed by atoms with Crippen molar-refractivity contribution in [3.05, 3.63) is 0 Å². The monoisotopic (exact) mass is 296 g/mol. The third-order valence-electron chi connectivity index (χ3n) is 3.92. The molecule has 1 aliphatic carbocycles. The minimum Gasteiger partial charge on any atom is -0.395 e. The van der Waals surface area contributed by atoms with Gasteiger partial charge in [-0.05, 0) is 19.9 Å². The molecular formula is C13H23F3N2O2. The number of rotatable bonds is 6. The van der Waals surface area contributed by atoms with Crippen molar-refractivity contribution in [3.63, 3.8) is 0 Å². The Bertz CT molecular complexity index is 315. The van der Waals surface area contributed by atoms with E-state index in [2.05, 4.69) is 5.32 Å². The lowest BCUT2D eigenvalue weighted by Crippen LogP contribution is -2.50. The first-order valence-electron chi connectivity index (χ1n) is 6.96. The van der Waals surface area contributed by atoms with Gasteiger partial charge < -0.3 is 15.3 Å². The zero-order valence-corrected chi connectivity index (χ0v) is 11.8. The van der Waals surface area contributed by atoms with E-state index in [1.54, 1.807) is 7.05 Å². The number of aliphatic hydroxyl groups excluding tert-OH is 1. The highest BCUT2D eigenvalue weighted by Crippen LogP contribution is 2.31. The summed E-state index contributed by atoms with van der Waals surface area (Å²) < 4.78 is 37.4. The van der Waals surface area contributed by atoms with Crippen molar-refractivity contribution >= 4 is 5.91 Å². The van der Waals surface area contributed by atoms with Gasteiger partial charge in [0.25, 0.3) is 0 Å². The summed E-state index contributed by atoms with van der Waals surface area (Å²) in [6, 6.07) is 0. The van der Waals surface area contributed by atoms with E-state index < -0.39 is 30.8 Å². The van der Waals surface area contributed by atoms with Gasteiger partial charge in [-0.2, -0.15) is 13.2 Å². The molecule has 0 aromatic rings. The summed E-state index contributed by atoms with van der Waals surface area (Å²) in [7, 11) is 1.75. The largest absolute Gasteiger partial charge is 0.406 e. The average Bonchev–Trinajstić information content (AvgIpc) is 2.38. The second-order valence-electron chi connectivity index (χ2n) is 5.42. The minimum absolute atomic E-state index is 0.0551. The number of carbonyl (C=O) groups excluding carboxylic acids is 1. The molecule has 0 unspecified atom stereocenters. The molecule has 0 radical (unpaired) electrons. The van der Waals surface area contributed by atoms with Gasteiger partial charge in [0.15, 0.2) is 0 Å². The van der Waals surface area contributed by atoms with E-state index in [0.717, 1.165) is 32.1 Å². The quantitative estimate of drug-likeness (QED) is 0.784. The molecule has 1 saturated carbocycles. The van der Waals surface area contributed by atoms with Crippen LogP contribution in [0.2, 0.25) is 0 Å². The Morgan fingerprint density at radius 2 is 1.90 bits per heavy atom. The summed E-state index contributed by atoms with van der Waals surface area (Å²) in [6.07, 6.45) is 0.271. The molecule has 0 aliphatic heterocycles. The highest BCUT2D eigenvalue weighted by atomic mass is 19.4. The number of amides is 1. The molecule has 0 bridgehead atoms. The Kier molecular flexibility index (Phi) is 6.26. The number of aliphatic hydroxyl groups is 1. The first-order chi connectivity index (χ1) is 9.32. The molecular weight excluding hydrogens is 273 g/mol. The topological polar surface area (TPSA) is 52.6 Å². The number of hydrogen-bond donors (Lipinski definition) is 2. The van der Waals surface area contributed by atoms with Crippen molar-refractivity contribution in [2.75, 3.05) is 26.7 Å². The number of carbonyl (C=O) groups is 1. The van der Waals surface area contributed by atoms with Gasteiger partial charge in [0.1, 0.15) is 6.54 Å². The summed E-state index contributed by atoms with van der Waals surface area (Å²) in [4.78, 5) is 12.8. The average molecular weight is 296 g/mol. The van der Waals surface area contributed by atoms with Crippen LogP contribution in [0.25, 0.3) is 0 Å².